The van der Waals surface area contributed by atoms with Gasteiger partial charge >= 0.3 is 0 Å². The molecule has 66 valence electrons. The molecule has 0 radical (unpaired) electrons. The van der Waals surface area contributed by atoms with Crippen molar-refractivity contribution >= 4 is 0 Å². The summed E-state index contributed by atoms with van der Waals surface area (Å²) in [5.41, 5.74) is 0. The van der Waals surface area contributed by atoms with E-state index in [0.29, 0.717) is 0 Å². The van der Waals surface area contributed by atoms with E-state index < -0.39 is 0 Å². The normalized spacial score (nSPS) is 27.0. The first-order valence-corrected chi connectivity index (χ1v) is 4.99. The second kappa shape index (κ2) is 4.76. The summed E-state index contributed by atoms with van der Waals surface area (Å²) in [5, 5.41) is 3.50. The minimum absolute atomic E-state index is 0.875. The fourth-order valence-electron chi connectivity index (χ4n) is 1.96. The van der Waals surface area contributed by atoms with Gasteiger partial charge in [-0.15, -0.1) is 0 Å². The van der Waals surface area contributed by atoms with Crippen molar-refractivity contribution in [2.24, 2.45) is 11.8 Å². The van der Waals surface area contributed by atoms with Crippen molar-refractivity contribution < 1.29 is 0 Å². The number of hydrogen-bond acceptors (Lipinski definition) is 1. The van der Waals surface area contributed by atoms with Crippen LogP contribution in [-0.2, 0) is 0 Å². The second-order valence-electron chi connectivity index (χ2n) is 4.20. The van der Waals surface area contributed by atoms with Gasteiger partial charge < -0.3 is 5.32 Å². The van der Waals surface area contributed by atoms with Crippen LogP contribution >= 0.6 is 0 Å². The SMILES string of the molecule is CC(C)C[C@H]1CCCCNC1. The third-order valence-corrected chi connectivity index (χ3v) is 2.45. The molecule has 1 N–H and O–H groups in total. The Morgan fingerprint density at radius 1 is 1.36 bits per heavy atom. The smallest absolute Gasteiger partial charge is 0.00204 e. The third kappa shape index (κ3) is 3.76. The highest BCUT2D eigenvalue weighted by Gasteiger charge is 2.12. The molecule has 1 fully saturated rings. The summed E-state index contributed by atoms with van der Waals surface area (Å²) >= 11 is 0. The Hall–Kier alpha value is -0.0400. The third-order valence-electron chi connectivity index (χ3n) is 2.45. The lowest BCUT2D eigenvalue weighted by atomic mass is 9.93. The van der Waals surface area contributed by atoms with E-state index in [9.17, 15) is 0 Å². The van der Waals surface area contributed by atoms with Crippen LogP contribution in [0.15, 0.2) is 0 Å². The van der Waals surface area contributed by atoms with E-state index >= 15 is 0 Å². The predicted octanol–water partition coefficient (Wildman–Crippen LogP) is 2.42. The molecular weight excluding hydrogens is 134 g/mol. The molecule has 1 nitrogen and oxygen atoms in total. The van der Waals surface area contributed by atoms with Crippen molar-refractivity contribution in [3.8, 4) is 0 Å². The quantitative estimate of drug-likeness (QED) is 0.646. The molecule has 1 saturated heterocycles. The zero-order chi connectivity index (χ0) is 8.10. The molecular formula is C10H21N. The zero-order valence-electron chi connectivity index (χ0n) is 7.90. The molecule has 11 heavy (non-hydrogen) atoms. The Morgan fingerprint density at radius 2 is 2.18 bits per heavy atom. The van der Waals surface area contributed by atoms with Crippen LogP contribution < -0.4 is 5.32 Å². The molecule has 0 aromatic carbocycles. The summed E-state index contributed by atoms with van der Waals surface area (Å²) in [6, 6.07) is 0. The summed E-state index contributed by atoms with van der Waals surface area (Å²) in [5.74, 6) is 1.83. The summed E-state index contributed by atoms with van der Waals surface area (Å²) < 4.78 is 0. The van der Waals surface area contributed by atoms with Gasteiger partial charge in [0.15, 0.2) is 0 Å². The van der Waals surface area contributed by atoms with Crippen LogP contribution in [0.5, 0.6) is 0 Å². The Balaban J connectivity index is 2.20. The summed E-state index contributed by atoms with van der Waals surface area (Å²) in [7, 11) is 0. The van der Waals surface area contributed by atoms with E-state index in [1.807, 2.05) is 0 Å². The largest absolute Gasteiger partial charge is 0.316 e. The van der Waals surface area contributed by atoms with Crippen LogP contribution in [0.2, 0.25) is 0 Å². The Bertz CT molecular complexity index is 91.0. The van der Waals surface area contributed by atoms with Gasteiger partial charge in [0.05, 0.1) is 0 Å². The van der Waals surface area contributed by atoms with Crippen molar-refractivity contribution in [2.45, 2.75) is 39.5 Å². The minimum Gasteiger partial charge on any atom is -0.316 e. The first kappa shape index (κ1) is 9.05. The molecule has 0 saturated carbocycles. The molecule has 1 rings (SSSR count). The van der Waals surface area contributed by atoms with Crippen LogP contribution in [0.1, 0.15) is 39.5 Å². The second-order valence-corrected chi connectivity index (χ2v) is 4.20. The summed E-state index contributed by atoms with van der Waals surface area (Å²) in [6.45, 7) is 7.16. The lowest BCUT2D eigenvalue weighted by molar-refractivity contribution is 0.384. The molecule has 1 aliphatic heterocycles. The van der Waals surface area contributed by atoms with Gasteiger partial charge in [-0.05, 0) is 44.2 Å². The molecule has 0 spiro atoms. The number of hydrogen-bond donors (Lipinski definition) is 1. The molecule has 1 aliphatic rings. The number of rotatable bonds is 2. The van der Waals surface area contributed by atoms with Gasteiger partial charge in [0.2, 0.25) is 0 Å². The maximum absolute atomic E-state index is 3.50. The van der Waals surface area contributed by atoms with Gasteiger partial charge in [0.1, 0.15) is 0 Å². The first-order chi connectivity index (χ1) is 5.29. The van der Waals surface area contributed by atoms with Crippen LogP contribution in [-0.4, -0.2) is 13.1 Å². The highest BCUT2D eigenvalue weighted by atomic mass is 14.9. The molecule has 1 heteroatoms. The summed E-state index contributed by atoms with van der Waals surface area (Å²) in [6.07, 6.45) is 5.68. The highest BCUT2D eigenvalue weighted by molar-refractivity contribution is 4.68. The number of nitrogens with one attached hydrogen (secondary N) is 1. The fraction of sp³-hybridized carbons (Fsp3) is 1.00. The summed E-state index contributed by atoms with van der Waals surface area (Å²) in [4.78, 5) is 0. The molecule has 0 aromatic rings. The van der Waals surface area contributed by atoms with Crippen LogP contribution in [0.4, 0.5) is 0 Å². The van der Waals surface area contributed by atoms with E-state index in [-0.39, 0.29) is 0 Å². The monoisotopic (exact) mass is 155 g/mol. The minimum atomic E-state index is 0.875. The standard InChI is InChI=1S/C10H21N/c1-9(2)7-10-5-3-4-6-11-8-10/h9-11H,3-8H2,1-2H3/t10-/m1/s1. The van der Waals surface area contributed by atoms with Gasteiger partial charge in [-0.1, -0.05) is 20.3 Å². The zero-order valence-corrected chi connectivity index (χ0v) is 7.90. The Kier molecular flexibility index (Phi) is 3.92. The van der Waals surface area contributed by atoms with Gasteiger partial charge in [0.25, 0.3) is 0 Å². The lowest BCUT2D eigenvalue weighted by Gasteiger charge is -2.15. The van der Waals surface area contributed by atoms with Crippen molar-refractivity contribution in [1.82, 2.24) is 5.32 Å². The average molecular weight is 155 g/mol. The van der Waals surface area contributed by atoms with E-state index in [4.69, 9.17) is 0 Å². The lowest BCUT2D eigenvalue weighted by Crippen LogP contribution is -2.21. The molecule has 0 bridgehead atoms. The molecule has 0 aliphatic carbocycles. The molecule has 0 unspecified atom stereocenters. The van der Waals surface area contributed by atoms with Crippen molar-refractivity contribution in [3.63, 3.8) is 0 Å². The van der Waals surface area contributed by atoms with Crippen LogP contribution in [0.3, 0.4) is 0 Å². The molecule has 0 amide bonds. The van der Waals surface area contributed by atoms with Crippen molar-refractivity contribution in [3.05, 3.63) is 0 Å². The van der Waals surface area contributed by atoms with Gasteiger partial charge in [-0.3, -0.25) is 0 Å². The molecule has 1 heterocycles. The predicted molar refractivity (Wildman–Crippen MR) is 49.7 cm³/mol. The van der Waals surface area contributed by atoms with Crippen LogP contribution in [0, 0.1) is 11.8 Å². The van der Waals surface area contributed by atoms with Gasteiger partial charge in [0, 0.05) is 0 Å². The Labute approximate surface area is 70.6 Å². The molecule has 0 aromatic heterocycles. The van der Waals surface area contributed by atoms with Crippen molar-refractivity contribution in [1.29, 1.82) is 0 Å². The van der Waals surface area contributed by atoms with E-state index in [0.717, 1.165) is 11.8 Å². The van der Waals surface area contributed by atoms with Crippen LogP contribution in [0.25, 0.3) is 0 Å². The topological polar surface area (TPSA) is 12.0 Å². The molecule has 1 atom stereocenters. The maximum Gasteiger partial charge on any atom is -0.00204 e. The van der Waals surface area contributed by atoms with Gasteiger partial charge in [-0.2, -0.15) is 0 Å². The first-order valence-electron chi connectivity index (χ1n) is 4.99. The highest BCUT2D eigenvalue weighted by Crippen LogP contribution is 2.18. The van der Waals surface area contributed by atoms with E-state index in [1.165, 1.54) is 38.8 Å². The maximum atomic E-state index is 3.50. The fourth-order valence-corrected chi connectivity index (χ4v) is 1.96. The Morgan fingerprint density at radius 3 is 2.91 bits per heavy atom. The van der Waals surface area contributed by atoms with Crippen molar-refractivity contribution in [2.75, 3.05) is 13.1 Å². The van der Waals surface area contributed by atoms with E-state index in [1.54, 1.807) is 0 Å². The van der Waals surface area contributed by atoms with Gasteiger partial charge in [-0.25, -0.2) is 0 Å². The average Bonchev–Trinajstić information content (AvgIpc) is 2.14. The van der Waals surface area contributed by atoms with E-state index in [2.05, 4.69) is 19.2 Å².